The van der Waals surface area contributed by atoms with Crippen molar-refractivity contribution in [1.82, 2.24) is 14.9 Å². The summed E-state index contributed by atoms with van der Waals surface area (Å²) in [5, 5.41) is 11.0. The molecule has 3 heterocycles. The van der Waals surface area contributed by atoms with Crippen LogP contribution in [0.5, 0.6) is 0 Å². The first-order chi connectivity index (χ1) is 13.2. The van der Waals surface area contributed by atoms with Gasteiger partial charge in [0.25, 0.3) is 0 Å². The molecule has 2 aromatic rings. The van der Waals surface area contributed by atoms with E-state index in [2.05, 4.69) is 33.9 Å². The van der Waals surface area contributed by atoms with Crippen molar-refractivity contribution in [2.45, 2.75) is 17.9 Å². The quantitative estimate of drug-likeness (QED) is 0.797. The van der Waals surface area contributed by atoms with Crippen molar-refractivity contribution in [3.8, 4) is 17.3 Å². The summed E-state index contributed by atoms with van der Waals surface area (Å²) in [6.07, 6.45) is 3.15. The van der Waals surface area contributed by atoms with Gasteiger partial charge in [0.2, 0.25) is 0 Å². The molecule has 0 bridgehead atoms. The third kappa shape index (κ3) is 4.06. The second-order valence-electron chi connectivity index (χ2n) is 6.54. The molecule has 140 valence electrons. The lowest BCUT2D eigenvalue weighted by Gasteiger charge is -2.36. The molecule has 0 radical (unpaired) electrons. The van der Waals surface area contributed by atoms with Crippen LogP contribution >= 0.6 is 11.8 Å². The Bertz CT molecular complexity index is 856. The molecule has 2 aliphatic rings. The molecule has 1 aromatic heterocycles. The fourth-order valence-electron chi connectivity index (χ4n) is 3.27. The molecule has 0 amide bonds. The molecule has 4 rings (SSSR count). The normalized spacial score (nSPS) is 20.1. The predicted molar refractivity (Wildman–Crippen MR) is 103 cm³/mol. The van der Waals surface area contributed by atoms with Crippen LogP contribution in [0.4, 0.5) is 5.69 Å². The Hall–Kier alpha value is -2.18. The highest BCUT2D eigenvalue weighted by Gasteiger charge is 2.23. The van der Waals surface area contributed by atoms with Crippen molar-refractivity contribution in [2.24, 2.45) is 0 Å². The largest absolute Gasteiger partial charge is 0.379 e. The van der Waals surface area contributed by atoms with Crippen molar-refractivity contribution in [3.63, 3.8) is 0 Å². The van der Waals surface area contributed by atoms with Gasteiger partial charge in [-0.2, -0.15) is 5.26 Å². The number of hydrogen-bond acceptors (Lipinski definition) is 8. The molecule has 2 aliphatic heterocycles. The van der Waals surface area contributed by atoms with Crippen LogP contribution in [0, 0.1) is 11.3 Å². The summed E-state index contributed by atoms with van der Waals surface area (Å²) in [6.45, 7) is 6.42. The van der Waals surface area contributed by atoms with Gasteiger partial charge in [-0.05, 0) is 19.1 Å². The fraction of sp³-hybridized carbons (Fsp3) is 0.421. The number of nitriles is 1. The van der Waals surface area contributed by atoms with Crippen molar-refractivity contribution in [2.75, 3.05) is 43.9 Å². The molecule has 1 saturated heterocycles. The third-order valence-corrected chi connectivity index (χ3v) is 5.67. The van der Waals surface area contributed by atoms with Crippen molar-refractivity contribution in [3.05, 3.63) is 36.3 Å². The first-order valence-electron chi connectivity index (χ1n) is 8.96. The van der Waals surface area contributed by atoms with Crippen LogP contribution in [-0.2, 0) is 9.57 Å². The molecule has 0 spiro atoms. The summed E-state index contributed by atoms with van der Waals surface area (Å²) in [7, 11) is 0. The Morgan fingerprint density at radius 1 is 1.33 bits per heavy atom. The number of fused-ring (bicyclic) bond motifs is 1. The predicted octanol–water partition coefficient (Wildman–Crippen LogP) is 2.54. The molecular weight excluding hydrogens is 362 g/mol. The number of nitrogens with zero attached hydrogens (tertiary/aromatic N) is 5. The van der Waals surface area contributed by atoms with Crippen LogP contribution in [0.15, 0.2) is 35.5 Å². The highest BCUT2D eigenvalue weighted by atomic mass is 32.2. The molecule has 7 nitrogen and oxygen atoms in total. The Balaban J connectivity index is 1.54. The zero-order chi connectivity index (χ0) is 18.6. The number of benzene rings is 1. The van der Waals surface area contributed by atoms with Gasteiger partial charge in [0, 0.05) is 29.6 Å². The molecule has 0 saturated carbocycles. The van der Waals surface area contributed by atoms with Crippen LogP contribution in [0.1, 0.15) is 12.6 Å². The average molecular weight is 383 g/mol. The lowest BCUT2D eigenvalue weighted by atomic mass is 10.1. The van der Waals surface area contributed by atoms with E-state index < -0.39 is 0 Å². The van der Waals surface area contributed by atoms with Gasteiger partial charge in [0.15, 0.2) is 5.69 Å². The lowest BCUT2D eigenvalue weighted by Crippen LogP contribution is -2.47. The number of anilines is 1. The number of hydroxylamine groups is 1. The maximum absolute atomic E-state index is 9.06. The topological polar surface area (TPSA) is 74.5 Å². The number of ether oxygens (including phenoxy) is 1. The van der Waals surface area contributed by atoms with Gasteiger partial charge in [-0.3, -0.25) is 19.8 Å². The van der Waals surface area contributed by atoms with Gasteiger partial charge in [-0.1, -0.05) is 17.8 Å². The number of morpholine rings is 1. The van der Waals surface area contributed by atoms with Crippen LogP contribution in [0.25, 0.3) is 11.3 Å². The highest BCUT2D eigenvalue weighted by molar-refractivity contribution is 7.99. The van der Waals surface area contributed by atoms with E-state index in [9.17, 15) is 0 Å². The second kappa shape index (κ2) is 8.23. The molecule has 1 fully saturated rings. The average Bonchev–Trinajstić information content (AvgIpc) is 2.73. The van der Waals surface area contributed by atoms with Crippen molar-refractivity contribution in [1.29, 1.82) is 5.26 Å². The van der Waals surface area contributed by atoms with E-state index in [-0.39, 0.29) is 0 Å². The smallest absolute Gasteiger partial charge is 0.159 e. The van der Waals surface area contributed by atoms with E-state index in [1.54, 1.807) is 18.0 Å². The summed E-state index contributed by atoms with van der Waals surface area (Å²) in [6, 6.07) is 8.63. The maximum Gasteiger partial charge on any atom is 0.159 e. The molecule has 1 aromatic carbocycles. The van der Waals surface area contributed by atoms with E-state index in [0.29, 0.717) is 23.4 Å². The second-order valence-corrected chi connectivity index (χ2v) is 7.50. The Labute approximate surface area is 162 Å². The van der Waals surface area contributed by atoms with Crippen LogP contribution in [0.2, 0.25) is 0 Å². The monoisotopic (exact) mass is 383 g/mol. The molecule has 1 atom stereocenters. The van der Waals surface area contributed by atoms with E-state index in [0.717, 1.165) is 44.1 Å². The standard InChI is InChI=1S/C19H21N5O2S/c1-14-12-25-7-6-23(14)4-5-24-18-8-15(2-3-19(18)27-13-26-24)17-11-21-10-16(9-20)22-17/h2-3,8,10-11,14H,4-7,12-13H2,1H3. The van der Waals surface area contributed by atoms with Gasteiger partial charge in [-0.25, -0.2) is 4.98 Å². The molecule has 27 heavy (non-hydrogen) atoms. The number of hydrogen-bond donors (Lipinski definition) is 0. The SMILES string of the molecule is CC1COCCN1CCN1OCSc2ccc(-c3cncc(C#N)n3)cc21. The lowest BCUT2D eigenvalue weighted by molar-refractivity contribution is -0.00241. The summed E-state index contributed by atoms with van der Waals surface area (Å²) in [5.74, 6) is 0.606. The van der Waals surface area contributed by atoms with E-state index >= 15 is 0 Å². The van der Waals surface area contributed by atoms with Gasteiger partial charge in [0.1, 0.15) is 12.0 Å². The van der Waals surface area contributed by atoms with Crippen molar-refractivity contribution >= 4 is 17.4 Å². The zero-order valence-corrected chi connectivity index (χ0v) is 16.0. The number of thioether (sulfide) groups is 1. The molecule has 0 N–H and O–H groups in total. The van der Waals surface area contributed by atoms with Gasteiger partial charge >= 0.3 is 0 Å². The zero-order valence-electron chi connectivity index (χ0n) is 15.2. The molecule has 8 heteroatoms. The van der Waals surface area contributed by atoms with Crippen LogP contribution in [-0.4, -0.2) is 59.7 Å². The molecule has 0 aliphatic carbocycles. The van der Waals surface area contributed by atoms with Gasteiger partial charge in [-0.15, -0.1) is 0 Å². The highest BCUT2D eigenvalue weighted by Crippen LogP contribution is 2.37. The van der Waals surface area contributed by atoms with Gasteiger partial charge < -0.3 is 4.74 Å². The van der Waals surface area contributed by atoms with E-state index in [4.69, 9.17) is 14.8 Å². The Morgan fingerprint density at radius 2 is 2.26 bits per heavy atom. The fourth-order valence-corrected chi connectivity index (χ4v) is 4.05. The molecule has 1 unspecified atom stereocenters. The van der Waals surface area contributed by atoms with Crippen LogP contribution < -0.4 is 5.06 Å². The number of aromatic nitrogens is 2. The summed E-state index contributed by atoms with van der Waals surface area (Å²) in [5.41, 5.74) is 2.96. The van der Waals surface area contributed by atoms with E-state index in [1.165, 1.54) is 11.1 Å². The summed E-state index contributed by atoms with van der Waals surface area (Å²) >= 11 is 1.68. The molecular formula is C19H21N5O2S. The number of rotatable bonds is 4. The Morgan fingerprint density at radius 3 is 3.11 bits per heavy atom. The minimum Gasteiger partial charge on any atom is -0.379 e. The summed E-state index contributed by atoms with van der Waals surface area (Å²) in [4.78, 5) is 18.0. The minimum absolute atomic E-state index is 0.314. The minimum atomic E-state index is 0.314. The van der Waals surface area contributed by atoms with Gasteiger partial charge in [0.05, 0.1) is 43.5 Å². The first-order valence-corrected chi connectivity index (χ1v) is 9.95. The van der Waals surface area contributed by atoms with Crippen molar-refractivity contribution < 1.29 is 9.57 Å². The maximum atomic E-state index is 9.06. The third-order valence-electron chi connectivity index (χ3n) is 4.79. The Kier molecular flexibility index (Phi) is 5.55. The summed E-state index contributed by atoms with van der Waals surface area (Å²) < 4.78 is 5.52. The van der Waals surface area contributed by atoms with Crippen LogP contribution in [0.3, 0.4) is 0 Å². The van der Waals surface area contributed by atoms with E-state index in [1.807, 2.05) is 17.2 Å². The first kappa shape index (κ1) is 18.2.